The summed E-state index contributed by atoms with van der Waals surface area (Å²) in [5.41, 5.74) is 0.590. The van der Waals surface area contributed by atoms with E-state index in [1.807, 2.05) is 6.07 Å². The standard InChI is InChI=1S/C25H30ClF2N5O3/c1-14(31-17-6-2-5-16(26)11-17)24(36)33-19-7-8-20(25(27,28)12-19)21(33)23(35)32-18(13-29)10-15-4-3-9-30-22(15)34/h2,5-6,11,14-15,18-21,31H,3-4,7-10,12H2,1H3,(H,30,34)(H,32,35)/t14-,15-,18+,19-,20-,21+/m1/s1. The van der Waals surface area contributed by atoms with Crippen LogP contribution in [0.1, 0.15) is 45.4 Å². The van der Waals surface area contributed by atoms with E-state index in [1.165, 1.54) is 4.90 Å². The minimum Gasteiger partial charge on any atom is -0.374 e. The zero-order valence-electron chi connectivity index (χ0n) is 20.0. The topological polar surface area (TPSA) is 114 Å². The van der Waals surface area contributed by atoms with Crippen LogP contribution in [0.5, 0.6) is 0 Å². The molecule has 0 radical (unpaired) electrons. The van der Waals surface area contributed by atoms with Gasteiger partial charge in [-0.3, -0.25) is 14.4 Å². The molecule has 36 heavy (non-hydrogen) atoms. The Balaban J connectivity index is 1.52. The van der Waals surface area contributed by atoms with Gasteiger partial charge in [0, 0.05) is 35.6 Å². The highest BCUT2D eigenvalue weighted by atomic mass is 35.5. The highest BCUT2D eigenvalue weighted by Gasteiger charge is 2.60. The van der Waals surface area contributed by atoms with Crippen LogP contribution in [-0.2, 0) is 14.4 Å². The first-order valence-electron chi connectivity index (χ1n) is 12.3. The van der Waals surface area contributed by atoms with Gasteiger partial charge in [0.05, 0.1) is 12.0 Å². The van der Waals surface area contributed by atoms with Crippen LogP contribution in [-0.4, -0.2) is 59.3 Å². The van der Waals surface area contributed by atoms with Crippen LogP contribution in [0.25, 0.3) is 0 Å². The van der Waals surface area contributed by atoms with Gasteiger partial charge < -0.3 is 20.9 Å². The van der Waals surface area contributed by atoms with Gasteiger partial charge in [-0.2, -0.15) is 5.26 Å². The molecule has 6 atom stereocenters. The quantitative estimate of drug-likeness (QED) is 0.510. The van der Waals surface area contributed by atoms with Gasteiger partial charge in [-0.05, 0) is 57.2 Å². The Kier molecular flexibility index (Phi) is 7.69. The highest BCUT2D eigenvalue weighted by Crippen LogP contribution is 2.49. The Hall–Kier alpha value is -2.93. The first-order chi connectivity index (χ1) is 17.1. The average Bonchev–Trinajstić information content (AvgIpc) is 2.83. The number of nitriles is 1. The van der Waals surface area contributed by atoms with Crippen LogP contribution >= 0.6 is 11.6 Å². The minimum absolute atomic E-state index is 0.0892. The van der Waals surface area contributed by atoms with Gasteiger partial charge in [-0.25, -0.2) is 8.78 Å². The first-order valence-corrected chi connectivity index (χ1v) is 12.7. The number of carbonyl (C=O) groups excluding carboxylic acids is 3. The third-order valence-electron chi connectivity index (χ3n) is 7.43. The van der Waals surface area contributed by atoms with Crippen molar-refractivity contribution in [3.63, 3.8) is 0 Å². The molecule has 1 aromatic rings. The number of piperidine rings is 3. The van der Waals surface area contributed by atoms with Crippen molar-refractivity contribution in [3.8, 4) is 6.07 Å². The number of rotatable bonds is 7. The third kappa shape index (κ3) is 5.41. The normalized spacial score (nSPS) is 28.4. The van der Waals surface area contributed by atoms with E-state index in [1.54, 1.807) is 31.2 Å². The Morgan fingerprint density at radius 2 is 2.11 bits per heavy atom. The third-order valence-corrected chi connectivity index (χ3v) is 7.66. The fraction of sp³-hybridized carbons (Fsp3) is 0.600. The molecule has 3 amide bonds. The molecule has 1 saturated carbocycles. The minimum atomic E-state index is -3.10. The largest absolute Gasteiger partial charge is 0.374 e. The summed E-state index contributed by atoms with van der Waals surface area (Å²) in [5.74, 6) is -6.32. The molecule has 194 valence electrons. The maximum absolute atomic E-state index is 14.9. The smallest absolute Gasteiger partial charge is 0.255 e. The van der Waals surface area contributed by atoms with E-state index in [9.17, 15) is 28.4 Å². The summed E-state index contributed by atoms with van der Waals surface area (Å²) in [6, 6.07) is 4.74. The lowest BCUT2D eigenvalue weighted by atomic mass is 9.71. The second-order valence-electron chi connectivity index (χ2n) is 9.93. The molecule has 3 heterocycles. The van der Waals surface area contributed by atoms with Crippen molar-refractivity contribution in [3.05, 3.63) is 29.3 Å². The van der Waals surface area contributed by atoms with E-state index in [4.69, 9.17) is 11.6 Å². The summed E-state index contributed by atoms with van der Waals surface area (Å²) < 4.78 is 29.8. The molecule has 0 aromatic heterocycles. The first kappa shape index (κ1) is 26.1. The van der Waals surface area contributed by atoms with Gasteiger partial charge in [-0.15, -0.1) is 0 Å². The summed E-state index contributed by atoms with van der Waals surface area (Å²) in [6.45, 7) is 2.18. The van der Waals surface area contributed by atoms with Crippen molar-refractivity contribution in [2.75, 3.05) is 11.9 Å². The number of alkyl halides is 2. The van der Waals surface area contributed by atoms with Crippen molar-refractivity contribution in [1.29, 1.82) is 5.26 Å². The number of fused-ring (bicyclic) bond motifs is 3. The molecule has 4 aliphatic rings. The lowest BCUT2D eigenvalue weighted by molar-refractivity contribution is -0.194. The number of nitrogens with one attached hydrogen (secondary N) is 3. The lowest BCUT2D eigenvalue weighted by Crippen LogP contribution is -2.70. The van der Waals surface area contributed by atoms with E-state index >= 15 is 0 Å². The van der Waals surface area contributed by atoms with Crippen LogP contribution in [0.15, 0.2) is 24.3 Å². The van der Waals surface area contributed by atoms with E-state index < -0.39 is 60.2 Å². The number of carbonyl (C=O) groups is 3. The Morgan fingerprint density at radius 1 is 1.33 bits per heavy atom. The number of amides is 3. The highest BCUT2D eigenvalue weighted by molar-refractivity contribution is 6.30. The molecule has 0 unspecified atom stereocenters. The predicted octanol–water partition coefficient (Wildman–Crippen LogP) is 3.08. The average molecular weight is 522 g/mol. The SMILES string of the molecule is C[C@@H](Nc1cccc(Cl)c1)C(=O)N1[C@@H]2CC[C@H]([C@H]1C(=O)N[C@H](C#N)C[C@H]1CCCNC1=O)C(F)(F)C2. The van der Waals surface area contributed by atoms with Gasteiger partial charge in [0.25, 0.3) is 5.92 Å². The van der Waals surface area contributed by atoms with Gasteiger partial charge >= 0.3 is 0 Å². The molecular formula is C25H30ClF2N5O3. The Labute approximate surface area is 213 Å². The number of anilines is 1. The molecule has 1 aromatic carbocycles. The molecule has 4 fully saturated rings. The molecule has 3 saturated heterocycles. The Morgan fingerprint density at radius 3 is 2.78 bits per heavy atom. The number of hydrogen-bond donors (Lipinski definition) is 3. The molecule has 3 aliphatic heterocycles. The van der Waals surface area contributed by atoms with Crippen molar-refractivity contribution < 1.29 is 23.2 Å². The van der Waals surface area contributed by atoms with E-state index in [0.717, 1.165) is 6.42 Å². The van der Waals surface area contributed by atoms with Crippen molar-refractivity contribution in [2.45, 2.75) is 75.5 Å². The van der Waals surface area contributed by atoms with Gasteiger partial charge in [0.2, 0.25) is 17.7 Å². The van der Waals surface area contributed by atoms with Crippen LogP contribution < -0.4 is 16.0 Å². The van der Waals surface area contributed by atoms with Crippen LogP contribution in [0.3, 0.4) is 0 Å². The molecule has 11 heteroatoms. The van der Waals surface area contributed by atoms with Crippen LogP contribution in [0.4, 0.5) is 14.5 Å². The molecule has 3 N–H and O–H groups in total. The van der Waals surface area contributed by atoms with Gasteiger partial charge in [-0.1, -0.05) is 17.7 Å². The zero-order valence-corrected chi connectivity index (χ0v) is 20.7. The predicted molar refractivity (Wildman–Crippen MR) is 129 cm³/mol. The second-order valence-corrected chi connectivity index (χ2v) is 10.4. The number of halogens is 3. The summed E-state index contributed by atoms with van der Waals surface area (Å²) in [6.07, 6.45) is 1.43. The van der Waals surface area contributed by atoms with Gasteiger partial charge in [0.15, 0.2) is 0 Å². The fourth-order valence-corrected chi connectivity index (χ4v) is 5.87. The monoisotopic (exact) mass is 521 g/mol. The van der Waals surface area contributed by atoms with Crippen LogP contribution in [0, 0.1) is 23.2 Å². The molecular weight excluding hydrogens is 492 g/mol. The number of nitrogens with zero attached hydrogens (tertiary/aromatic N) is 2. The summed E-state index contributed by atoms with van der Waals surface area (Å²) in [5, 5.41) is 18.4. The van der Waals surface area contributed by atoms with E-state index in [-0.39, 0.29) is 18.7 Å². The summed E-state index contributed by atoms with van der Waals surface area (Å²) in [7, 11) is 0. The summed E-state index contributed by atoms with van der Waals surface area (Å²) in [4.78, 5) is 40.3. The molecule has 0 spiro atoms. The van der Waals surface area contributed by atoms with Crippen molar-refractivity contribution in [1.82, 2.24) is 15.5 Å². The van der Waals surface area contributed by atoms with Gasteiger partial charge in [0.1, 0.15) is 18.1 Å². The van der Waals surface area contributed by atoms with Crippen LogP contribution in [0.2, 0.25) is 5.02 Å². The maximum atomic E-state index is 14.9. The molecule has 8 nitrogen and oxygen atoms in total. The molecule has 2 bridgehead atoms. The van der Waals surface area contributed by atoms with E-state index in [0.29, 0.717) is 30.1 Å². The van der Waals surface area contributed by atoms with E-state index in [2.05, 4.69) is 16.0 Å². The van der Waals surface area contributed by atoms with Crippen molar-refractivity contribution in [2.24, 2.45) is 11.8 Å². The zero-order chi connectivity index (χ0) is 26.0. The lowest BCUT2D eigenvalue weighted by Gasteiger charge is -2.54. The molecule has 5 rings (SSSR count). The fourth-order valence-electron chi connectivity index (χ4n) is 5.68. The maximum Gasteiger partial charge on any atom is 0.255 e. The second kappa shape index (κ2) is 10.6. The number of benzene rings is 1. The Bertz CT molecular complexity index is 1060. The number of hydrogen-bond acceptors (Lipinski definition) is 5. The molecule has 1 aliphatic carbocycles. The van der Waals surface area contributed by atoms with Crippen molar-refractivity contribution >= 4 is 35.0 Å². The summed E-state index contributed by atoms with van der Waals surface area (Å²) >= 11 is 6.02.